The SMILES string of the molecule is COc1ccc(/C=N/Nc2nc(-c3cn(C)c4ccccc34)c3sccc3n2)cc1. The Labute approximate surface area is 177 Å². The first-order valence-corrected chi connectivity index (χ1v) is 10.3. The molecule has 0 saturated heterocycles. The summed E-state index contributed by atoms with van der Waals surface area (Å²) in [5, 5.41) is 7.53. The molecule has 2 aromatic carbocycles. The van der Waals surface area contributed by atoms with Crippen LogP contribution >= 0.6 is 11.3 Å². The summed E-state index contributed by atoms with van der Waals surface area (Å²) < 4.78 is 8.37. The number of hydrazone groups is 1. The number of ether oxygens (including phenoxy) is 1. The van der Waals surface area contributed by atoms with Crippen LogP contribution in [-0.2, 0) is 7.05 Å². The van der Waals surface area contributed by atoms with Crippen LogP contribution in [0.25, 0.3) is 32.4 Å². The first-order valence-electron chi connectivity index (χ1n) is 9.46. The van der Waals surface area contributed by atoms with Crippen LogP contribution in [0.1, 0.15) is 5.56 Å². The molecule has 0 aliphatic carbocycles. The van der Waals surface area contributed by atoms with Crippen molar-refractivity contribution in [3.8, 4) is 17.0 Å². The number of aromatic nitrogens is 3. The van der Waals surface area contributed by atoms with Crippen molar-refractivity contribution in [3.05, 3.63) is 71.7 Å². The van der Waals surface area contributed by atoms with E-state index < -0.39 is 0 Å². The maximum Gasteiger partial charge on any atom is 0.244 e. The predicted octanol–water partition coefficient (Wildman–Crippen LogP) is 5.30. The van der Waals surface area contributed by atoms with Gasteiger partial charge in [-0.2, -0.15) is 5.10 Å². The van der Waals surface area contributed by atoms with Crippen molar-refractivity contribution < 1.29 is 4.74 Å². The lowest BCUT2D eigenvalue weighted by atomic mass is 10.1. The molecular formula is C23H19N5OS. The summed E-state index contributed by atoms with van der Waals surface area (Å²) in [5.74, 6) is 1.28. The highest BCUT2D eigenvalue weighted by molar-refractivity contribution is 7.17. The monoisotopic (exact) mass is 413 g/mol. The molecule has 0 spiro atoms. The fourth-order valence-electron chi connectivity index (χ4n) is 3.48. The lowest BCUT2D eigenvalue weighted by molar-refractivity contribution is 0.415. The van der Waals surface area contributed by atoms with E-state index in [1.165, 1.54) is 10.9 Å². The Balaban J connectivity index is 1.52. The molecule has 3 heterocycles. The quantitative estimate of drug-likeness (QED) is 0.313. The number of nitrogens with one attached hydrogen (secondary N) is 1. The molecule has 0 unspecified atom stereocenters. The fraction of sp³-hybridized carbons (Fsp3) is 0.0870. The maximum absolute atomic E-state index is 5.18. The summed E-state index contributed by atoms with van der Waals surface area (Å²) in [6.45, 7) is 0. The van der Waals surface area contributed by atoms with Crippen molar-refractivity contribution in [2.75, 3.05) is 12.5 Å². The number of para-hydroxylation sites is 1. The van der Waals surface area contributed by atoms with Crippen LogP contribution in [0.4, 0.5) is 5.95 Å². The van der Waals surface area contributed by atoms with Crippen molar-refractivity contribution in [2.45, 2.75) is 0 Å². The second kappa shape index (κ2) is 7.61. The summed E-state index contributed by atoms with van der Waals surface area (Å²) in [6, 6.07) is 18.0. The summed E-state index contributed by atoms with van der Waals surface area (Å²) >= 11 is 1.65. The predicted molar refractivity (Wildman–Crippen MR) is 124 cm³/mol. The van der Waals surface area contributed by atoms with Gasteiger partial charge in [0, 0.05) is 29.7 Å². The Morgan fingerprint density at radius 2 is 1.90 bits per heavy atom. The zero-order valence-corrected chi connectivity index (χ0v) is 17.4. The smallest absolute Gasteiger partial charge is 0.244 e. The molecule has 0 aliphatic rings. The van der Waals surface area contributed by atoms with Crippen LogP contribution in [0.15, 0.2) is 71.3 Å². The molecular weight excluding hydrogens is 394 g/mol. The second-order valence-electron chi connectivity index (χ2n) is 6.84. The van der Waals surface area contributed by atoms with Gasteiger partial charge in [0.25, 0.3) is 0 Å². The standard InChI is InChI=1S/C23H19N5OS/c1-28-14-18(17-5-3-4-6-20(17)28)21-22-19(11-12-30-22)25-23(26-21)27-24-13-15-7-9-16(29-2)10-8-15/h3-14H,1-2H3,(H,25,26,27)/b24-13+. The van der Waals surface area contributed by atoms with E-state index in [-0.39, 0.29) is 0 Å². The zero-order valence-electron chi connectivity index (χ0n) is 16.5. The lowest BCUT2D eigenvalue weighted by Crippen LogP contribution is -1.98. The molecule has 1 N–H and O–H groups in total. The van der Waals surface area contributed by atoms with Crippen LogP contribution in [0.5, 0.6) is 5.75 Å². The summed E-state index contributed by atoms with van der Waals surface area (Å²) in [5.41, 5.74) is 8.01. The molecule has 0 saturated carbocycles. The van der Waals surface area contributed by atoms with Crippen LogP contribution in [0.3, 0.4) is 0 Å². The number of hydrogen-bond donors (Lipinski definition) is 1. The number of nitrogens with zero attached hydrogens (tertiary/aromatic N) is 4. The molecule has 0 amide bonds. The number of thiophene rings is 1. The maximum atomic E-state index is 5.18. The first-order chi connectivity index (χ1) is 14.7. The minimum Gasteiger partial charge on any atom is -0.497 e. The molecule has 0 bridgehead atoms. The topological polar surface area (TPSA) is 64.3 Å². The number of aryl methyl sites for hydroxylation is 1. The van der Waals surface area contributed by atoms with Crippen LogP contribution < -0.4 is 10.2 Å². The summed E-state index contributed by atoms with van der Waals surface area (Å²) in [7, 11) is 3.70. The first kappa shape index (κ1) is 18.3. The molecule has 5 aromatic rings. The van der Waals surface area contributed by atoms with Gasteiger partial charge < -0.3 is 9.30 Å². The fourth-order valence-corrected chi connectivity index (χ4v) is 4.32. The average molecular weight is 414 g/mol. The Morgan fingerprint density at radius 1 is 1.07 bits per heavy atom. The van der Waals surface area contributed by atoms with Gasteiger partial charge in [-0.3, -0.25) is 0 Å². The van der Waals surface area contributed by atoms with Gasteiger partial charge >= 0.3 is 0 Å². The van der Waals surface area contributed by atoms with Gasteiger partial charge in [0.1, 0.15) is 5.75 Å². The second-order valence-corrected chi connectivity index (χ2v) is 7.76. The summed E-state index contributed by atoms with van der Waals surface area (Å²) in [4.78, 5) is 9.42. The zero-order chi connectivity index (χ0) is 20.5. The third-order valence-electron chi connectivity index (χ3n) is 4.95. The van der Waals surface area contributed by atoms with Gasteiger partial charge in [-0.05, 0) is 47.3 Å². The molecule has 0 radical (unpaired) electrons. The van der Waals surface area contributed by atoms with Gasteiger partial charge in [0.2, 0.25) is 5.95 Å². The van der Waals surface area contributed by atoms with Gasteiger partial charge in [-0.25, -0.2) is 15.4 Å². The van der Waals surface area contributed by atoms with E-state index in [1.54, 1.807) is 24.7 Å². The third-order valence-corrected chi connectivity index (χ3v) is 5.86. The molecule has 0 aliphatic heterocycles. The molecule has 7 heteroatoms. The van der Waals surface area contributed by atoms with Crippen LogP contribution in [0, 0.1) is 0 Å². The number of rotatable bonds is 5. The molecule has 3 aromatic heterocycles. The molecule has 0 fully saturated rings. The molecule has 0 atom stereocenters. The number of benzene rings is 2. The van der Waals surface area contributed by atoms with E-state index in [1.807, 2.05) is 41.8 Å². The minimum atomic E-state index is 0.466. The van der Waals surface area contributed by atoms with Crippen molar-refractivity contribution in [1.29, 1.82) is 0 Å². The Morgan fingerprint density at radius 3 is 2.73 bits per heavy atom. The van der Waals surface area contributed by atoms with Crippen molar-refractivity contribution in [3.63, 3.8) is 0 Å². The number of fused-ring (bicyclic) bond motifs is 2. The minimum absolute atomic E-state index is 0.466. The highest BCUT2D eigenvalue weighted by Crippen LogP contribution is 2.36. The third kappa shape index (κ3) is 3.29. The number of anilines is 1. The Kier molecular flexibility index (Phi) is 4.65. The van der Waals surface area contributed by atoms with Crippen LogP contribution in [-0.4, -0.2) is 27.9 Å². The van der Waals surface area contributed by atoms with Gasteiger partial charge in [-0.1, -0.05) is 18.2 Å². The highest BCUT2D eigenvalue weighted by Gasteiger charge is 2.15. The lowest BCUT2D eigenvalue weighted by Gasteiger charge is -2.05. The molecule has 30 heavy (non-hydrogen) atoms. The van der Waals surface area contributed by atoms with Crippen molar-refractivity contribution >= 4 is 44.6 Å². The van der Waals surface area contributed by atoms with Gasteiger partial charge in [0.05, 0.1) is 29.2 Å². The Hall–Kier alpha value is -3.71. The Bertz CT molecular complexity index is 1370. The largest absolute Gasteiger partial charge is 0.497 e. The number of methoxy groups -OCH3 is 1. The van der Waals surface area contributed by atoms with Crippen LogP contribution in [0.2, 0.25) is 0 Å². The van der Waals surface area contributed by atoms with Crippen molar-refractivity contribution in [1.82, 2.24) is 14.5 Å². The van der Waals surface area contributed by atoms with Crippen molar-refractivity contribution in [2.24, 2.45) is 12.1 Å². The number of hydrogen-bond acceptors (Lipinski definition) is 6. The van der Waals surface area contributed by atoms with E-state index >= 15 is 0 Å². The van der Waals surface area contributed by atoms with E-state index in [0.29, 0.717) is 5.95 Å². The normalized spacial score (nSPS) is 11.5. The van der Waals surface area contributed by atoms with E-state index in [2.05, 4.69) is 51.5 Å². The molecule has 148 valence electrons. The highest BCUT2D eigenvalue weighted by atomic mass is 32.1. The molecule has 6 nitrogen and oxygen atoms in total. The average Bonchev–Trinajstić information content (AvgIpc) is 3.38. The van der Waals surface area contributed by atoms with Gasteiger partial charge in [-0.15, -0.1) is 11.3 Å². The van der Waals surface area contributed by atoms with E-state index in [4.69, 9.17) is 9.72 Å². The molecule has 5 rings (SSSR count). The van der Waals surface area contributed by atoms with Gasteiger partial charge in [0.15, 0.2) is 0 Å². The van der Waals surface area contributed by atoms with E-state index in [0.717, 1.165) is 32.8 Å². The van der Waals surface area contributed by atoms with E-state index in [9.17, 15) is 0 Å². The summed E-state index contributed by atoms with van der Waals surface area (Å²) in [6.07, 6.45) is 3.86.